The number of ether oxygens (including phenoxy) is 13. The summed E-state index contributed by atoms with van der Waals surface area (Å²) >= 11 is 0. The SMILES string of the molecule is C=C(C)C(=O)Nc1ccc(C(=O)C(=C)C)cc1.C=C(C)C(=O)Oc1ccc(C(=O)C(=C)C)cc1.C=C(C)CCCC(=O)C(=C)C.C=CC(=O)OC(CC)(COCC(CC)(OC(=O)C=C)OC(=O)C=C)OC(=O)C=C.C=CC(=O)OCC(COCC(COC(C)=O)(OC(=O)C=C)OC(=O)C=C)(OC(=O)C=C)OC(=O)C=C.C=CCCCC(=O)C=C.C=Cc1ccc(C=C)cc1.[HH]. The second-order valence-electron chi connectivity index (χ2n) is 26.6. The lowest BCUT2D eigenvalue weighted by Crippen LogP contribution is -2.52. The molecular formula is C99H121NO29. The van der Waals surface area contributed by atoms with Crippen LogP contribution in [0.25, 0.3) is 12.2 Å². The van der Waals surface area contributed by atoms with Crippen LogP contribution in [0.4, 0.5) is 5.69 Å². The molecule has 1 N–H and O–H groups in total. The van der Waals surface area contributed by atoms with Crippen LogP contribution in [-0.4, -0.2) is 157 Å². The quantitative estimate of drug-likeness (QED) is 0.00801. The normalized spacial score (nSPS) is 9.93. The van der Waals surface area contributed by atoms with E-state index < -0.39 is 128 Å². The van der Waals surface area contributed by atoms with Crippen LogP contribution in [0.5, 0.6) is 5.75 Å². The van der Waals surface area contributed by atoms with E-state index in [-0.39, 0.29) is 43.3 Å². The first-order valence-electron chi connectivity index (χ1n) is 38.9. The molecule has 0 bridgehead atoms. The van der Waals surface area contributed by atoms with E-state index in [1.807, 2.05) is 49.4 Å². The summed E-state index contributed by atoms with van der Waals surface area (Å²) in [4.78, 5) is 185. The Bertz CT molecular complexity index is 4340. The van der Waals surface area contributed by atoms with Crippen molar-refractivity contribution in [2.75, 3.05) is 45.0 Å². The van der Waals surface area contributed by atoms with E-state index in [0.29, 0.717) is 75.4 Å². The maximum Gasteiger partial charge on any atom is 0.338 e. The second-order valence-corrected chi connectivity index (χ2v) is 26.6. The van der Waals surface area contributed by atoms with Gasteiger partial charge in [-0.15, -0.1) is 13.2 Å². The first-order chi connectivity index (χ1) is 60.6. The molecule has 129 heavy (non-hydrogen) atoms. The Morgan fingerprint density at radius 2 is 0.674 bits per heavy atom. The molecule has 0 aliphatic rings. The Hall–Kier alpha value is -15.0. The van der Waals surface area contributed by atoms with Crippen molar-refractivity contribution in [1.82, 2.24) is 0 Å². The molecule has 3 aromatic rings. The molecule has 0 saturated carbocycles. The standard InChI is InChI=1S/C23H26O13.C20H26O9.C14H15NO2.C14H14O3.C10H16O.C10H10.C8H12O.H2/c1-7-17(25)32-15-23(35-20(28)10-4,36-21(29)11-5)13-30-12-22(14-31-16(6)24,33-18(26)8-2)34-19(27)9-3;1-7-15(21)26-19(11-5,27-16(22)8-2)13-25-14-20(12-6,28-17(23)9-3)29-18(24)10-4;1-9(2)13(16)11-5-7-12(8-6-11)15-14(17)10(3)4;1-9(2)13(15)11-5-7-12(8-6-11)17-14(16)10(3)4;1-8(2)6-5-7-10(11)9(3)4;1-3-9-5-7-10(4-2)8-6-9;1-3-5-6-7-8(9)4-2;/h7-11H,1-5,12-15H2,6H3;7-10H,1-4,11-14H2,5-6H3;5-8H,1,3H2,2,4H3,(H,15,17);5-8H,1,3H2,2,4H3;1,3,5-7H2,2,4H3;3-8H,1-2H2;3-4H,1-2,5-7H2;1H. The summed E-state index contributed by atoms with van der Waals surface area (Å²) in [7, 11) is 0. The molecule has 696 valence electrons. The number of allylic oxidation sites excluding steroid dienone is 6. The van der Waals surface area contributed by atoms with E-state index >= 15 is 0 Å². The van der Waals surface area contributed by atoms with Crippen LogP contribution in [0.1, 0.15) is 147 Å². The number of hydrogen-bond acceptors (Lipinski definition) is 29. The van der Waals surface area contributed by atoms with E-state index in [1.165, 1.54) is 6.08 Å². The Morgan fingerprint density at radius 1 is 0.349 bits per heavy atom. The summed E-state index contributed by atoms with van der Waals surface area (Å²) in [6.45, 7) is 75.0. The molecule has 0 fully saturated rings. The number of hydrogen-bond donors (Lipinski definition) is 1. The zero-order valence-electron chi connectivity index (χ0n) is 75.1. The first kappa shape index (κ1) is 120. The molecule has 0 aliphatic heterocycles. The Kier molecular flexibility index (Phi) is 62.0. The van der Waals surface area contributed by atoms with Gasteiger partial charge in [-0.3, -0.25) is 28.8 Å². The summed E-state index contributed by atoms with van der Waals surface area (Å²) in [6.07, 6.45) is 19.0. The second kappa shape index (κ2) is 66.5. The van der Waals surface area contributed by atoms with Gasteiger partial charge in [-0.1, -0.05) is 174 Å². The van der Waals surface area contributed by atoms with Gasteiger partial charge in [-0.25, -0.2) is 47.9 Å². The van der Waals surface area contributed by atoms with Crippen molar-refractivity contribution in [3.8, 4) is 5.75 Å². The van der Waals surface area contributed by atoms with Crippen molar-refractivity contribution in [1.29, 1.82) is 0 Å². The van der Waals surface area contributed by atoms with Gasteiger partial charge < -0.3 is 66.9 Å². The maximum absolute atomic E-state index is 11.9. The number of anilines is 1. The van der Waals surface area contributed by atoms with Gasteiger partial charge in [0.2, 0.25) is 0 Å². The smallest absolute Gasteiger partial charge is 0.338 e. The Labute approximate surface area is 756 Å². The Balaban J connectivity index is -0.000000493. The number of benzene rings is 3. The van der Waals surface area contributed by atoms with E-state index in [2.05, 4.69) is 130 Å². The summed E-state index contributed by atoms with van der Waals surface area (Å²) in [5.41, 5.74) is 7.52. The molecule has 0 saturated heterocycles. The van der Waals surface area contributed by atoms with Crippen LogP contribution in [0, 0.1) is 0 Å². The number of rotatable bonds is 51. The lowest BCUT2D eigenvalue weighted by Gasteiger charge is -2.34. The Morgan fingerprint density at radius 3 is 0.946 bits per heavy atom. The summed E-state index contributed by atoms with van der Waals surface area (Å²) in [5, 5.41) is 2.66. The van der Waals surface area contributed by atoms with Crippen LogP contribution in [0.3, 0.4) is 0 Å². The minimum absolute atomic E-state index is 0. The van der Waals surface area contributed by atoms with E-state index in [0.717, 1.165) is 91.8 Å². The van der Waals surface area contributed by atoms with Crippen LogP contribution in [0.2, 0.25) is 0 Å². The van der Waals surface area contributed by atoms with E-state index in [9.17, 15) is 76.7 Å². The van der Waals surface area contributed by atoms with Crippen LogP contribution in [0.15, 0.2) is 298 Å². The highest BCUT2D eigenvalue weighted by molar-refractivity contribution is 6.09. The number of nitrogens with one attached hydrogen (secondary N) is 1. The van der Waals surface area contributed by atoms with Gasteiger partial charge in [0.05, 0.1) is 0 Å². The molecule has 0 atom stereocenters. The molecule has 30 heteroatoms. The minimum atomic E-state index is -2.42. The largest absolute Gasteiger partial charge is 0.457 e. The third-order valence-electron chi connectivity index (χ3n) is 15.3. The highest BCUT2D eigenvalue weighted by Gasteiger charge is 2.46. The average Bonchev–Trinajstić information content (AvgIpc) is 0.818. The van der Waals surface area contributed by atoms with Crippen LogP contribution >= 0.6 is 0 Å². The van der Waals surface area contributed by atoms with Gasteiger partial charge in [0, 0.05) is 117 Å². The molecule has 30 nitrogen and oxygen atoms in total. The first-order valence-corrected chi connectivity index (χ1v) is 38.9. The molecule has 0 spiro atoms. The third-order valence-corrected chi connectivity index (χ3v) is 15.3. The fourth-order valence-corrected chi connectivity index (χ4v) is 8.35. The fraction of sp³-hybridized carbons (Fsp3) is 0.273. The van der Waals surface area contributed by atoms with Crippen LogP contribution in [-0.2, 0) is 124 Å². The monoisotopic (exact) mass is 1790 g/mol. The fourth-order valence-electron chi connectivity index (χ4n) is 8.35. The lowest BCUT2D eigenvalue weighted by molar-refractivity contribution is -0.279. The van der Waals surface area contributed by atoms with E-state index in [4.69, 9.17) is 61.6 Å². The molecule has 0 radical (unpaired) electrons. The zero-order chi connectivity index (χ0) is 99.6. The average molecular weight is 1790 g/mol. The number of carbonyl (C=O) groups excluding carboxylic acids is 16. The highest BCUT2D eigenvalue weighted by Crippen LogP contribution is 2.27. The lowest BCUT2D eigenvalue weighted by atomic mass is 10.1. The summed E-state index contributed by atoms with van der Waals surface area (Å²) in [6, 6.07) is 21.1. The number of unbranched alkanes of at least 4 members (excludes halogenated alkanes) is 1. The number of amides is 1. The van der Waals surface area contributed by atoms with Crippen LogP contribution < -0.4 is 10.1 Å². The molecule has 0 heterocycles. The van der Waals surface area contributed by atoms with Crippen molar-refractivity contribution >= 4 is 113 Å². The van der Waals surface area contributed by atoms with Gasteiger partial charge in [0.25, 0.3) is 17.5 Å². The molecule has 0 aliphatic carbocycles. The predicted molar refractivity (Wildman–Crippen MR) is 493 cm³/mol. The molecule has 3 rings (SSSR count). The molecular weight excluding hydrogens is 1670 g/mol. The van der Waals surface area contributed by atoms with Gasteiger partial charge >= 0.3 is 77.2 Å². The van der Waals surface area contributed by atoms with Crippen molar-refractivity contribution in [2.45, 2.75) is 137 Å². The van der Waals surface area contributed by atoms with Crippen molar-refractivity contribution in [3.63, 3.8) is 0 Å². The molecule has 3 aromatic carbocycles. The van der Waals surface area contributed by atoms with Crippen molar-refractivity contribution in [3.05, 3.63) is 320 Å². The van der Waals surface area contributed by atoms with E-state index in [1.54, 1.807) is 97.0 Å². The number of carbonyl (C=O) groups is 16. The predicted octanol–water partition coefficient (Wildman–Crippen LogP) is 16.8. The minimum Gasteiger partial charge on any atom is -0.457 e. The molecule has 0 aromatic heterocycles. The van der Waals surface area contributed by atoms with Gasteiger partial charge in [0.15, 0.2) is 36.3 Å². The topological polar surface area (TPSA) is 405 Å². The third kappa shape index (κ3) is 54.4. The number of Topliss-reactive ketones (excluding diaryl/α,β-unsaturated/α-hetero) is 3. The van der Waals surface area contributed by atoms with Crippen molar-refractivity contribution in [2.24, 2.45) is 0 Å². The highest BCUT2D eigenvalue weighted by atomic mass is 16.8. The maximum atomic E-state index is 11.9. The van der Waals surface area contributed by atoms with Gasteiger partial charge in [-0.2, -0.15) is 0 Å². The van der Waals surface area contributed by atoms with Crippen molar-refractivity contribution < 1.29 is 140 Å². The zero-order valence-corrected chi connectivity index (χ0v) is 75.1. The number of ketones is 4. The van der Waals surface area contributed by atoms with Gasteiger partial charge in [-0.05, 0) is 150 Å². The molecule has 0 unspecified atom stereocenters. The summed E-state index contributed by atoms with van der Waals surface area (Å²) < 4.78 is 66.3. The van der Waals surface area contributed by atoms with Gasteiger partial charge in [0.1, 0.15) is 32.2 Å². The number of esters is 11. The summed E-state index contributed by atoms with van der Waals surface area (Å²) in [5.74, 6) is -18.4. The molecule has 1 amide bonds.